The van der Waals surface area contributed by atoms with Gasteiger partial charge in [0.05, 0.1) is 26.4 Å². The maximum absolute atomic E-state index is 10.8. The van der Waals surface area contributed by atoms with E-state index in [1.807, 2.05) is 91.0 Å². The zero-order valence-electron chi connectivity index (χ0n) is 19.4. The first-order chi connectivity index (χ1) is 17.1. The molecule has 1 aliphatic heterocycles. The van der Waals surface area contributed by atoms with Crippen LogP contribution < -0.4 is 0 Å². The Kier molecular flexibility index (Phi) is 9.39. The molecule has 0 bridgehead atoms. The minimum Gasteiger partial charge on any atom is -0.387 e. The molecule has 3 N–H and O–H groups in total. The lowest BCUT2D eigenvalue weighted by molar-refractivity contribution is -0.312. The third kappa shape index (κ3) is 7.19. The van der Waals surface area contributed by atoms with Crippen molar-refractivity contribution in [1.29, 1.82) is 0 Å². The fourth-order valence-electron chi connectivity index (χ4n) is 4.02. The molecule has 0 saturated carbocycles. The van der Waals surface area contributed by atoms with Crippen molar-refractivity contribution in [2.45, 2.75) is 56.6 Å². The van der Waals surface area contributed by atoms with Crippen LogP contribution in [0.15, 0.2) is 91.0 Å². The van der Waals surface area contributed by atoms with Crippen molar-refractivity contribution in [3.8, 4) is 0 Å². The van der Waals surface area contributed by atoms with Gasteiger partial charge in [-0.25, -0.2) is 0 Å². The van der Waals surface area contributed by atoms with Gasteiger partial charge in [-0.15, -0.1) is 0 Å². The highest BCUT2D eigenvalue weighted by atomic mass is 16.7. The minimum atomic E-state index is -1.58. The van der Waals surface area contributed by atoms with Crippen LogP contribution in [0.3, 0.4) is 0 Å². The smallest absolute Gasteiger partial charge is 0.184 e. The molecule has 0 aliphatic carbocycles. The van der Waals surface area contributed by atoms with Crippen LogP contribution in [0.1, 0.15) is 16.7 Å². The Labute approximate surface area is 205 Å². The zero-order chi connectivity index (χ0) is 24.5. The van der Waals surface area contributed by atoms with Crippen molar-refractivity contribution in [2.24, 2.45) is 0 Å². The van der Waals surface area contributed by atoms with Crippen LogP contribution in [-0.2, 0) is 38.8 Å². The second-order valence-electron chi connectivity index (χ2n) is 8.57. The molecule has 0 aromatic heterocycles. The fourth-order valence-corrected chi connectivity index (χ4v) is 4.02. The predicted molar refractivity (Wildman–Crippen MR) is 129 cm³/mol. The number of aliphatic hydroxyl groups excluding tert-OH is 3. The van der Waals surface area contributed by atoms with Crippen LogP contribution in [0.5, 0.6) is 0 Å². The summed E-state index contributed by atoms with van der Waals surface area (Å²) in [6.45, 7) is 0.969. The van der Waals surface area contributed by atoms with E-state index in [1.54, 1.807) is 0 Å². The number of hydrogen-bond donors (Lipinski definition) is 3. The van der Waals surface area contributed by atoms with Gasteiger partial charge in [0.15, 0.2) is 6.29 Å². The molecule has 35 heavy (non-hydrogen) atoms. The van der Waals surface area contributed by atoms with Gasteiger partial charge < -0.3 is 34.3 Å². The quantitative estimate of drug-likeness (QED) is 0.388. The van der Waals surface area contributed by atoms with E-state index in [9.17, 15) is 15.3 Å². The third-order valence-electron chi connectivity index (χ3n) is 5.95. The highest BCUT2D eigenvalue weighted by Gasteiger charge is 2.48. The maximum atomic E-state index is 10.8. The van der Waals surface area contributed by atoms with Crippen molar-refractivity contribution in [3.63, 3.8) is 0 Å². The molecule has 1 saturated heterocycles. The molecule has 7 heteroatoms. The van der Waals surface area contributed by atoms with Gasteiger partial charge in [0.25, 0.3) is 0 Å². The summed E-state index contributed by atoms with van der Waals surface area (Å²) in [5.74, 6) is 0. The van der Waals surface area contributed by atoms with E-state index < -0.39 is 36.8 Å². The summed E-state index contributed by atoms with van der Waals surface area (Å²) in [4.78, 5) is 0. The first kappa shape index (κ1) is 25.5. The Hall–Kier alpha value is -2.62. The summed E-state index contributed by atoms with van der Waals surface area (Å²) in [5.41, 5.74) is 2.87. The van der Waals surface area contributed by atoms with Gasteiger partial charge in [-0.05, 0) is 16.7 Å². The first-order valence-electron chi connectivity index (χ1n) is 11.7. The molecular formula is C28H32O7. The van der Waals surface area contributed by atoms with Gasteiger partial charge >= 0.3 is 0 Å². The topological polar surface area (TPSA) is 97.6 Å². The molecule has 0 spiro atoms. The van der Waals surface area contributed by atoms with E-state index in [-0.39, 0.29) is 19.8 Å². The van der Waals surface area contributed by atoms with Gasteiger partial charge in [0, 0.05) is 0 Å². The summed E-state index contributed by atoms with van der Waals surface area (Å²) >= 11 is 0. The molecule has 0 unspecified atom stereocenters. The lowest BCUT2D eigenvalue weighted by Gasteiger charge is -2.43. The lowest BCUT2D eigenvalue weighted by atomic mass is 9.95. The number of ether oxygens (including phenoxy) is 4. The minimum absolute atomic E-state index is 0.132. The summed E-state index contributed by atoms with van der Waals surface area (Å²) in [5, 5.41) is 31.3. The Morgan fingerprint density at radius 3 is 1.74 bits per heavy atom. The second kappa shape index (κ2) is 12.9. The summed E-state index contributed by atoms with van der Waals surface area (Å²) in [7, 11) is 0. The van der Waals surface area contributed by atoms with E-state index in [0.717, 1.165) is 16.7 Å². The van der Waals surface area contributed by atoms with E-state index in [0.29, 0.717) is 6.61 Å². The van der Waals surface area contributed by atoms with Crippen LogP contribution in [0, 0.1) is 0 Å². The molecule has 1 aliphatic rings. The van der Waals surface area contributed by atoms with E-state index in [2.05, 4.69) is 0 Å². The molecule has 186 valence electrons. The van der Waals surface area contributed by atoms with Crippen LogP contribution in [0.2, 0.25) is 0 Å². The van der Waals surface area contributed by atoms with Gasteiger partial charge in [-0.3, -0.25) is 0 Å². The first-order valence-corrected chi connectivity index (χ1v) is 11.7. The van der Waals surface area contributed by atoms with Crippen molar-refractivity contribution in [1.82, 2.24) is 0 Å². The molecule has 0 amide bonds. The average Bonchev–Trinajstić information content (AvgIpc) is 2.90. The third-order valence-corrected chi connectivity index (χ3v) is 5.95. The monoisotopic (exact) mass is 480 g/mol. The average molecular weight is 481 g/mol. The highest BCUT2D eigenvalue weighted by molar-refractivity contribution is 5.15. The van der Waals surface area contributed by atoms with E-state index >= 15 is 0 Å². The lowest BCUT2D eigenvalue weighted by Crippen LogP contribution is -2.62. The number of hydrogen-bond acceptors (Lipinski definition) is 7. The van der Waals surface area contributed by atoms with Crippen molar-refractivity contribution in [3.05, 3.63) is 108 Å². The SMILES string of the molecule is O[C@@H]1[C@H](O)[C@@H](O)O[C@H]([C@H](COCc2ccccc2)OCc2ccccc2)[C@H]1OCc1ccccc1. The number of benzene rings is 3. The fraction of sp³-hybridized carbons (Fsp3) is 0.357. The van der Waals surface area contributed by atoms with Gasteiger partial charge in [0.1, 0.15) is 30.5 Å². The molecule has 1 fully saturated rings. The Bertz CT molecular complexity index is 986. The second-order valence-corrected chi connectivity index (χ2v) is 8.57. The molecule has 6 atom stereocenters. The molecule has 3 aromatic carbocycles. The maximum Gasteiger partial charge on any atom is 0.184 e. The normalized spacial score (nSPS) is 25.3. The molecule has 3 aromatic rings. The Morgan fingerprint density at radius 2 is 1.17 bits per heavy atom. The summed E-state index contributed by atoms with van der Waals surface area (Å²) < 4.78 is 23.9. The summed E-state index contributed by atoms with van der Waals surface area (Å²) in [6.07, 6.45) is -6.97. The van der Waals surface area contributed by atoms with E-state index in [1.165, 1.54) is 0 Å². The zero-order valence-corrected chi connectivity index (χ0v) is 19.4. The Morgan fingerprint density at radius 1 is 0.657 bits per heavy atom. The van der Waals surface area contributed by atoms with Crippen LogP contribution in [-0.4, -0.2) is 58.7 Å². The van der Waals surface area contributed by atoms with Gasteiger partial charge in [0.2, 0.25) is 0 Å². The van der Waals surface area contributed by atoms with Crippen molar-refractivity contribution < 1.29 is 34.3 Å². The van der Waals surface area contributed by atoms with Crippen molar-refractivity contribution >= 4 is 0 Å². The molecule has 7 nitrogen and oxygen atoms in total. The largest absolute Gasteiger partial charge is 0.387 e. The molecule has 1 heterocycles. The van der Waals surface area contributed by atoms with Crippen molar-refractivity contribution in [2.75, 3.05) is 6.61 Å². The molecule has 0 radical (unpaired) electrons. The van der Waals surface area contributed by atoms with Crippen LogP contribution >= 0.6 is 0 Å². The standard InChI is InChI=1S/C28H32O7/c29-24-25(30)28(31)35-26(27(24)34-18-22-14-8-3-9-15-22)23(33-17-21-12-6-2-7-13-21)19-32-16-20-10-4-1-5-11-20/h1-15,23-31H,16-19H2/t23-,24+,25-,26+,27-,28-/m0/s1. The molecule has 4 rings (SSSR count). The van der Waals surface area contributed by atoms with Gasteiger partial charge in [-0.2, -0.15) is 0 Å². The number of rotatable bonds is 11. The van der Waals surface area contributed by atoms with Crippen LogP contribution in [0.25, 0.3) is 0 Å². The Balaban J connectivity index is 1.50. The van der Waals surface area contributed by atoms with Gasteiger partial charge in [-0.1, -0.05) is 91.0 Å². The predicted octanol–water partition coefficient (Wildman–Crippen LogP) is 2.81. The number of aliphatic hydroxyl groups is 3. The summed E-state index contributed by atoms with van der Waals surface area (Å²) in [6, 6.07) is 28.9. The van der Waals surface area contributed by atoms with E-state index in [4.69, 9.17) is 18.9 Å². The highest BCUT2D eigenvalue weighted by Crippen LogP contribution is 2.28. The van der Waals surface area contributed by atoms with Crippen LogP contribution in [0.4, 0.5) is 0 Å². The molecular weight excluding hydrogens is 448 g/mol.